The van der Waals surface area contributed by atoms with Crippen LogP contribution in [0.5, 0.6) is 0 Å². The van der Waals surface area contributed by atoms with E-state index < -0.39 is 6.09 Å². The van der Waals surface area contributed by atoms with Gasteiger partial charge in [0.15, 0.2) is 0 Å². The van der Waals surface area contributed by atoms with Crippen LogP contribution in [0.2, 0.25) is 0 Å². The molecule has 2 N–H and O–H groups in total. The number of aromatic nitrogens is 2. The molecule has 2 amide bonds. The van der Waals surface area contributed by atoms with Crippen LogP contribution < -0.4 is 9.80 Å². The summed E-state index contributed by atoms with van der Waals surface area (Å²) < 4.78 is 0. The van der Waals surface area contributed by atoms with Gasteiger partial charge in [-0.05, 0) is 37.5 Å². The first-order chi connectivity index (χ1) is 12.3. The Balaban J connectivity index is 2.10. The van der Waals surface area contributed by atoms with Crippen LogP contribution >= 0.6 is 0 Å². The van der Waals surface area contributed by atoms with Crippen LogP contribution in [0.1, 0.15) is 32.9 Å². The molecule has 0 aliphatic carbocycles. The van der Waals surface area contributed by atoms with Crippen molar-refractivity contribution in [1.29, 1.82) is 0 Å². The van der Waals surface area contributed by atoms with Gasteiger partial charge in [0.1, 0.15) is 0 Å². The highest BCUT2D eigenvalue weighted by molar-refractivity contribution is 6.03. The molecule has 7 heteroatoms. The van der Waals surface area contributed by atoms with Gasteiger partial charge in [0.2, 0.25) is 5.91 Å². The van der Waals surface area contributed by atoms with Gasteiger partial charge in [0.05, 0.1) is 23.1 Å². The summed E-state index contributed by atoms with van der Waals surface area (Å²) in [6.07, 6.45) is 1.20. The highest BCUT2D eigenvalue weighted by Crippen LogP contribution is 2.39. The molecule has 0 radical (unpaired) electrons. The Labute approximate surface area is 152 Å². The average Bonchev–Trinajstić information content (AvgIpc) is 2.98. The summed E-state index contributed by atoms with van der Waals surface area (Å²) in [7, 11) is 0. The molecule has 0 unspecified atom stereocenters. The molecule has 1 aromatic heterocycles. The number of carboxylic acid groups (broad SMARTS) is 1. The third kappa shape index (κ3) is 3.16. The molecule has 0 saturated carbocycles. The van der Waals surface area contributed by atoms with Crippen molar-refractivity contribution in [3.63, 3.8) is 0 Å². The molecule has 0 spiro atoms. The third-order valence-corrected chi connectivity index (χ3v) is 4.64. The quantitative estimate of drug-likeness (QED) is 0.878. The van der Waals surface area contributed by atoms with Crippen LogP contribution in [0, 0.1) is 12.8 Å². The van der Waals surface area contributed by atoms with Gasteiger partial charge in [-0.2, -0.15) is 5.10 Å². The monoisotopic (exact) mass is 356 g/mol. The van der Waals surface area contributed by atoms with Crippen LogP contribution in [-0.4, -0.2) is 39.9 Å². The van der Waals surface area contributed by atoms with Gasteiger partial charge in [0.25, 0.3) is 0 Å². The lowest BCUT2D eigenvalue weighted by atomic mass is 10.00. The van der Waals surface area contributed by atoms with E-state index in [9.17, 15) is 14.7 Å². The first-order valence-electron chi connectivity index (χ1n) is 8.77. The van der Waals surface area contributed by atoms with Crippen molar-refractivity contribution < 1.29 is 14.7 Å². The van der Waals surface area contributed by atoms with Crippen molar-refractivity contribution in [3.8, 4) is 11.1 Å². The Hall–Kier alpha value is -2.83. The molecule has 138 valence electrons. The van der Waals surface area contributed by atoms with E-state index in [1.807, 2.05) is 45.9 Å². The Bertz CT molecular complexity index is 843. The van der Waals surface area contributed by atoms with Gasteiger partial charge in [-0.1, -0.05) is 19.9 Å². The Morgan fingerprint density at radius 1 is 1.35 bits per heavy atom. The lowest BCUT2D eigenvalue weighted by Gasteiger charge is -2.40. The molecular formula is C19H24N4O3. The topological polar surface area (TPSA) is 89.5 Å². The summed E-state index contributed by atoms with van der Waals surface area (Å²) in [6, 6.07) is 5.35. The minimum atomic E-state index is -1.02. The summed E-state index contributed by atoms with van der Waals surface area (Å²) in [5.74, 6) is 0.259. The first-order valence-corrected chi connectivity index (χ1v) is 8.77. The number of amides is 2. The predicted octanol–water partition coefficient (Wildman–Crippen LogP) is 3.65. The number of hydrogen-bond acceptors (Lipinski definition) is 3. The van der Waals surface area contributed by atoms with Gasteiger partial charge < -0.3 is 10.0 Å². The van der Waals surface area contributed by atoms with E-state index in [4.69, 9.17) is 0 Å². The fourth-order valence-corrected chi connectivity index (χ4v) is 3.45. The Kier molecular flexibility index (Phi) is 4.71. The summed E-state index contributed by atoms with van der Waals surface area (Å²) in [5.41, 5.74) is 3.79. The third-order valence-electron chi connectivity index (χ3n) is 4.64. The molecular weight excluding hydrogens is 332 g/mol. The van der Waals surface area contributed by atoms with E-state index in [-0.39, 0.29) is 24.4 Å². The Morgan fingerprint density at radius 3 is 2.65 bits per heavy atom. The van der Waals surface area contributed by atoms with Crippen LogP contribution in [0.4, 0.5) is 16.2 Å². The lowest BCUT2D eigenvalue weighted by Crippen LogP contribution is -2.51. The van der Waals surface area contributed by atoms with E-state index in [0.717, 1.165) is 16.8 Å². The number of benzene rings is 1. The van der Waals surface area contributed by atoms with Crippen molar-refractivity contribution in [3.05, 3.63) is 30.1 Å². The lowest BCUT2D eigenvalue weighted by molar-refractivity contribution is -0.119. The number of H-pyrrole nitrogens is 1. The van der Waals surface area contributed by atoms with E-state index in [1.54, 1.807) is 11.1 Å². The maximum atomic E-state index is 12.8. The summed E-state index contributed by atoms with van der Waals surface area (Å²) >= 11 is 0. The SMILES string of the molecule is Cc1n[nH]cc1-c1ccc2c(c1)N(C(=O)O)C[C@H](C)N2C(=O)CC(C)C. The van der Waals surface area contributed by atoms with Crippen molar-refractivity contribution in [2.45, 2.75) is 40.2 Å². The van der Waals surface area contributed by atoms with E-state index in [2.05, 4.69) is 10.2 Å². The molecule has 1 aliphatic heterocycles. The summed E-state index contributed by atoms with van der Waals surface area (Å²) in [5, 5.41) is 16.6. The number of anilines is 2. The molecule has 1 atom stereocenters. The maximum absolute atomic E-state index is 12.8. The molecule has 0 bridgehead atoms. The highest BCUT2D eigenvalue weighted by Gasteiger charge is 2.35. The molecule has 0 fully saturated rings. The van der Waals surface area contributed by atoms with Gasteiger partial charge in [-0.25, -0.2) is 4.79 Å². The van der Waals surface area contributed by atoms with Crippen molar-refractivity contribution >= 4 is 23.4 Å². The number of carbonyl (C=O) groups excluding carboxylic acids is 1. The van der Waals surface area contributed by atoms with Crippen molar-refractivity contribution in [2.24, 2.45) is 5.92 Å². The molecule has 2 aromatic rings. The Morgan fingerprint density at radius 2 is 2.08 bits per heavy atom. The zero-order valence-corrected chi connectivity index (χ0v) is 15.5. The standard InChI is InChI=1S/C19H24N4O3/c1-11(2)7-18(24)23-12(3)10-22(19(25)26)17-8-14(5-6-16(17)23)15-9-20-21-13(15)4/h5-6,8-9,11-12H,7,10H2,1-4H3,(H,20,21)(H,25,26)/t12-/m0/s1. The van der Waals surface area contributed by atoms with Crippen LogP contribution in [0.3, 0.4) is 0 Å². The smallest absolute Gasteiger partial charge is 0.411 e. The molecule has 2 heterocycles. The minimum Gasteiger partial charge on any atom is -0.465 e. The van der Waals surface area contributed by atoms with Crippen LogP contribution in [-0.2, 0) is 4.79 Å². The second-order valence-electron chi connectivity index (χ2n) is 7.19. The van der Waals surface area contributed by atoms with Gasteiger partial charge >= 0.3 is 6.09 Å². The number of nitrogens with one attached hydrogen (secondary N) is 1. The minimum absolute atomic E-state index is 0.0195. The largest absolute Gasteiger partial charge is 0.465 e. The van der Waals surface area contributed by atoms with Gasteiger partial charge in [0, 0.05) is 24.7 Å². The first kappa shape index (κ1) is 18.0. The maximum Gasteiger partial charge on any atom is 0.411 e. The second-order valence-corrected chi connectivity index (χ2v) is 7.19. The zero-order chi connectivity index (χ0) is 19.0. The molecule has 1 aliphatic rings. The second kappa shape index (κ2) is 6.82. The van der Waals surface area contributed by atoms with E-state index >= 15 is 0 Å². The number of fused-ring (bicyclic) bond motifs is 1. The number of rotatable bonds is 3. The van der Waals surface area contributed by atoms with Crippen molar-refractivity contribution in [2.75, 3.05) is 16.3 Å². The fourth-order valence-electron chi connectivity index (χ4n) is 3.45. The number of nitrogens with zero attached hydrogens (tertiary/aromatic N) is 3. The fraction of sp³-hybridized carbons (Fsp3) is 0.421. The van der Waals surface area contributed by atoms with Crippen LogP contribution in [0.25, 0.3) is 11.1 Å². The van der Waals surface area contributed by atoms with Crippen molar-refractivity contribution in [1.82, 2.24) is 10.2 Å². The highest BCUT2D eigenvalue weighted by atomic mass is 16.4. The summed E-state index contributed by atoms with van der Waals surface area (Å²) in [4.78, 5) is 27.6. The molecule has 1 aromatic carbocycles. The van der Waals surface area contributed by atoms with Crippen LogP contribution in [0.15, 0.2) is 24.4 Å². The number of aromatic amines is 1. The zero-order valence-electron chi connectivity index (χ0n) is 15.5. The molecule has 3 rings (SSSR count). The molecule has 7 nitrogen and oxygen atoms in total. The number of carbonyl (C=O) groups is 2. The normalized spacial score (nSPS) is 16.7. The van der Waals surface area contributed by atoms with E-state index in [1.165, 1.54) is 4.90 Å². The number of hydrogen-bond donors (Lipinski definition) is 2. The summed E-state index contributed by atoms with van der Waals surface area (Å²) in [6.45, 7) is 8.02. The molecule has 0 saturated heterocycles. The number of aryl methyl sites for hydroxylation is 1. The van der Waals surface area contributed by atoms with Gasteiger partial charge in [-0.15, -0.1) is 0 Å². The van der Waals surface area contributed by atoms with Gasteiger partial charge in [-0.3, -0.25) is 14.8 Å². The van der Waals surface area contributed by atoms with E-state index in [0.29, 0.717) is 17.8 Å². The average molecular weight is 356 g/mol. The molecule has 26 heavy (non-hydrogen) atoms. The predicted molar refractivity (Wildman–Crippen MR) is 101 cm³/mol.